The molecule has 13 heavy (non-hydrogen) atoms. The normalized spacial score (nSPS) is 12.1. The molecule has 0 aromatic carbocycles. The number of Topliss-reactive ketones (excluding diaryl/α,β-unsaturated/α-hetero) is 1. The van der Waals surface area contributed by atoms with E-state index in [1.165, 1.54) is 24.5 Å². The molecule has 1 unspecified atom stereocenters. The summed E-state index contributed by atoms with van der Waals surface area (Å²) in [5.41, 5.74) is 0.0809. The van der Waals surface area contributed by atoms with Gasteiger partial charge in [-0.25, -0.2) is 4.79 Å². The van der Waals surface area contributed by atoms with Crippen LogP contribution in [0.25, 0.3) is 0 Å². The SMILES string of the molecule is O=C(O)C(O)C(=O)c1cccnc1. The Labute approximate surface area is 73.7 Å². The number of carboxylic acid groups (broad SMARTS) is 1. The van der Waals surface area contributed by atoms with Gasteiger partial charge in [-0.05, 0) is 12.1 Å². The summed E-state index contributed by atoms with van der Waals surface area (Å²) in [6, 6.07) is 2.88. The van der Waals surface area contributed by atoms with E-state index < -0.39 is 17.9 Å². The number of aliphatic hydroxyl groups excluding tert-OH is 1. The van der Waals surface area contributed by atoms with Gasteiger partial charge in [0.25, 0.3) is 0 Å². The van der Waals surface area contributed by atoms with Crippen LogP contribution in [0.1, 0.15) is 10.4 Å². The Morgan fingerprint density at radius 2 is 2.15 bits per heavy atom. The van der Waals surface area contributed by atoms with Crippen molar-refractivity contribution in [2.24, 2.45) is 0 Å². The Morgan fingerprint density at radius 1 is 1.46 bits per heavy atom. The Balaban J connectivity index is 2.86. The van der Waals surface area contributed by atoms with Gasteiger partial charge in [-0.3, -0.25) is 9.78 Å². The van der Waals surface area contributed by atoms with Gasteiger partial charge in [0.1, 0.15) is 0 Å². The molecule has 0 amide bonds. The maximum atomic E-state index is 11.1. The van der Waals surface area contributed by atoms with Gasteiger partial charge >= 0.3 is 5.97 Å². The average Bonchev–Trinajstić information content (AvgIpc) is 2.17. The first-order valence-corrected chi connectivity index (χ1v) is 3.48. The minimum atomic E-state index is -2.01. The molecule has 1 heterocycles. The lowest BCUT2D eigenvalue weighted by Gasteiger charge is -2.02. The maximum absolute atomic E-state index is 11.1. The second-order valence-corrected chi connectivity index (χ2v) is 2.35. The van der Waals surface area contributed by atoms with Crippen LogP contribution in [-0.4, -0.2) is 33.1 Å². The summed E-state index contributed by atoms with van der Waals surface area (Å²) in [6.45, 7) is 0. The van der Waals surface area contributed by atoms with Crippen LogP contribution >= 0.6 is 0 Å². The van der Waals surface area contributed by atoms with E-state index >= 15 is 0 Å². The monoisotopic (exact) mass is 181 g/mol. The fraction of sp³-hybridized carbons (Fsp3) is 0.125. The molecule has 1 atom stereocenters. The number of rotatable bonds is 3. The Hall–Kier alpha value is -1.75. The number of pyridine rings is 1. The van der Waals surface area contributed by atoms with Crippen LogP contribution < -0.4 is 0 Å². The lowest BCUT2D eigenvalue weighted by Crippen LogP contribution is -2.29. The number of nitrogens with zero attached hydrogens (tertiary/aromatic N) is 1. The minimum absolute atomic E-state index is 0.0809. The molecule has 5 nitrogen and oxygen atoms in total. The van der Waals surface area contributed by atoms with Gasteiger partial charge in [-0.1, -0.05) is 0 Å². The van der Waals surface area contributed by atoms with Crippen molar-refractivity contribution in [2.45, 2.75) is 6.10 Å². The van der Waals surface area contributed by atoms with Crippen LogP contribution in [0.15, 0.2) is 24.5 Å². The highest BCUT2D eigenvalue weighted by Crippen LogP contribution is 2.01. The molecule has 0 saturated carbocycles. The first-order chi connectivity index (χ1) is 6.13. The van der Waals surface area contributed by atoms with Gasteiger partial charge in [0.05, 0.1) is 0 Å². The maximum Gasteiger partial charge on any atom is 0.340 e. The molecule has 0 aliphatic heterocycles. The molecular weight excluding hydrogens is 174 g/mol. The first-order valence-electron chi connectivity index (χ1n) is 3.48. The predicted molar refractivity (Wildman–Crippen MR) is 42.2 cm³/mol. The fourth-order valence-electron chi connectivity index (χ4n) is 0.779. The fourth-order valence-corrected chi connectivity index (χ4v) is 0.779. The van der Waals surface area contributed by atoms with Crippen LogP contribution in [0.2, 0.25) is 0 Å². The molecule has 0 spiro atoms. The molecule has 0 fully saturated rings. The number of aliphatic hydroxyl groups is 1. The van der Waals surface area contributed by atoms with Crippen molar-refractivity contribution in [3.8, 4) is 0 Å². The van der Waals surface area contributed by atoms with Crippen LogP contribution in [-0.2, 0) is 4.79 Å². The standard InChI is InChI=1S/C8H7NO4/c10-6(7(11)8(12)13)5-2-1-3-9-4-5/h1-4,7,11H,(H,12,13). The molecule has 68 valence electrons. The number of hydrogen-bond acceptors (Lipinski definition) is 4. The van der Waals surface area contributed by atoms with Crippen LogP contribution in [0.3, 0.4) is 0 Å². The van der Waals surface area contributed by atoms with E-state index in [1.54, 1.807) is 0 Å². The highest BCUT2D eigenvalue weighted by molar-refractivity contribution is 6.10. The molecule has 2 N–H and O–H groups in total. The van der Waals surface area contributed by atoms with Crippen molar-refractivity contribution in [3.05, 3.63) is 30.1 Å². The molecule has 0 bridgehead atoms. The third kappa shape index (κ3) is 2.09. The third-order valence-corrected chi connectivity index (χ3v) is 1.43. The lowest BCUT2D eigenvalue weighted by molar-refractivity contribution is -0.143. The van der Waals surface area contributed by atoms with Crippen molar-refractivity contribution in [1.82, 2.24) is 4.98 Å². The van der Waals surface area contributed by atoms with Gasteiger partial charge in [0.15, 0.2) is 0 Å². The van der Waals surface area contributed by atoms with E-state index in [1.807, 2.05) is 0 Å². The summed E-state index contributed by atoms with van der Waals surface area (Å²) in [5, 5.41) is 17.2. The number of aromatic nitrogens is 1. The number of carbonyl (C=O) groups is 2. The topological polar surface area (TPSA) is 87.5 Å². The van der Waals surface area contributed by atoms with Crippen molar-refractivity contribution >= 4 is 11.8 Å². The van der Waals surface area contributed by atoms with E-state index in [0.29, 0.717) is 0 Å². The number of aliphatic carboxylic acids is 1. The van der Waals surface area contributed by atoms with E-state index in [-0.39, 0.29) is 5.56 Å². The van der Waals surface area contributed by atoms with Gasteiger partial charge < -0.3 is 10.2 Å². The largest absolute Gasteiger partial charge is 0.479 e. The van der Waals surface area contributed by atoms with Crippen LogP contribution in [0.5, 0.6) is 0 Å². The third-order valence-electron chi connectivity index (χ3n) is 1.43. The van der Waals surface area contributed by atoms with Crippen molar-refractivity contribution in [3.63, 3.8) is 0 Å². The van der Waals surface area contributed by atoms with Crippen molar-refractivity contribution in [1.29, 1.82) is 0 Å². The quantitative estimate of drug-likeness (QED) is 0.494. The predicted octanol–water partition coefficient (Wildman–Crippen LogP) is -0.290. The highest BCUT2D eigenvalue weighted by atomic mass is 16.4. The Morgan fingerprint density at radius 3 is 2.62 bits per heavy atom. The summed E-state index contributed by atoms with van der Waals surface area (Å²) in [6.07, 6.45) is 0.641. The number of ketones is 1. The van der Waals surface area contributed by atoms with Gasteiger partial charge in [0, 0.05) is 18.0 Å². The zero-order chi connectivity index (χ0) is 9.84. The zero-order valence-electron chi connectivity index (χ0n) is 6.54. The van der Waals surface area contributed by atoms with Crippen molar-refractivity contribution < 1.29 is 19.8 Å². The van der Waals surface area contributed by atoms with Crippen LogP contribution in [0, 0.1) is 0 Å². The molecule has 1 rings (SSSR count). The Kier molecular flexibility index (Phi) is 2.71. The van der Waals surface area contributed by atoms with Gasteiger partial charge in [-0.2, -0.15) is 0 Å². The summed E-state index contributed by atoms with van der Waals surface area (Å²) in [5.74, 6) is -2.42. The molecule has 0 radical (unpaired) electrons. The van der Waals surface area contributed by atoms with Gasteiger partial charge in [0.2, 0.25) is 11.9 Å². The number of carboxylic acids is 1. The number of carbonyl (C=O) groups excluding carboxylic acids is 1. The summed E-state index contributed by atoms with van der Waals surface area (Å²) in [7, 11) is 0. The molecule has 0 saturated heterocycles. The molecule has 1 aromatic heterocycles. The molecule has 1 aromatic rings. The average molecular weight is 181 g/mol. The van der Waals surface area contributed by atoms with Crippen LogP contribution in [0.4, 0.5) is 0 Å². The summed E-state index contributed by atoms with van der Waals surface area (Å²) in [4.78, 5) is 25.0. The number of hydrogen-bond donors (Lipinski definition) is 2. The first kappa shape index (κ1) is 9.34. The van der Waals surface area contributed by atoms with E-state index in [4.69, 9.17) is 10.2 Å². The second-order valence-electron chi connectivity index (χ2n) is 2.35. The zero-order valence-corrected chi connectivity index (χ0v) is 6.54. The van der Waals surface area contributed by atoms with E-state index in [2.05, 4.69) is 4.98 Å². The molecule has 0 aliphatic rings. The van der Waals surface area contributed by atoms with Crippen molar-refractivity contribution in [2.75, 3.05) is 0 Å². The molecular formula is C8H7NO4. The van der Waals surface area contributed by atoms with E-state index in [0.717, 1.165) is 0 Å². The minimum Gasteiger partial charge on any atom is -0.479 e. The molecule has 0 aliphatic carbocycles. The molecule has 5 heteroatoms. The summed E-state index contributed by atoms with van der Waals surface area (Å²) >= 11 is 0. The smallest absolute Gasteiger partial charge is 0.340 e. The second kappa shape index (κ2) is 3.77. The highest BCUT2D eigenvalue weighted by Gasteiger charge is 2.23. The Bertz CT molecular complexity index is 322. The van der Waals surface area contributed by atoms with Gasteiger partial charge in [-0.15, -0.1) is 0 Å². The lowest BCUT2D eigenvalue weighted by atomic mass is 10.1. The summed E-state index contributed by atoms with van der Waals surface area (Å²) < 4.78 is 0. The van der Waals surface area contributed by atoms with E-state index in [9.17, 15) is 9.59 Å².